The molecule has 2 aromatic carbocycles. The maximum absolute atomic E-state index is 12.9. The molecule has 4 aromatic rings. The average Bonchev–Trinajstić information content (AvgIpc) is 3.30. The Labute approximate surface area is 201 Å². The summed E-state index contributed by atoms with van der Waals surface area (Å²) >= 11 is 7.64. The number of aromatic nitrogens is 3. The van der Waals surface area contributed by atoms with Crippen molar-refractivity contribution in [2.75, 3.05) is 5.32 Å². The molecule has 0 aliphatic heterocycles. The van der Waals surface area contributed by atoms with E-state index in [0.717, 1.165) is 27.5 Å². The smallest absolute Gasteiger partial charge is 0.267 e. The molecule has 0 bridgehead atoms. The Hall–Kier alpha value is -3.29. The van der Waals surface area contributed by atoms with Gasteiger partial charge in [-0.1, -0.05) is 41.1 Å². The van der Waals surface area contributed by atoms with Crippen LogP contribution < -0.4 is 5.32 Å². The lowest BCUT2D eigenvalue weighted by Gasteiger charge is -2.05. The molecule has 0 spiro atoms. The lowest BCUT2D eigenvalue weighted by atomic mass is 10.0. The van der Waals surface area contributed by atoms with Crippen molar-refractivity contribution in [1.29, 1.82) is 0 Å². The van der Waals surface area contributed by atoms with E-state index in [4.69, 9.17) is 11.6 Å². The maximum atomic E-state index is 12.9. The van der Waals surface area contributed by atoms with Crippen LogP contribution in [0, 0.1) is 20.8 Å². The van der Waals surface area contributed by atoms with Gasteiger partial charge in [0.2, 0.25) is 5.13 Å². The molecule has 0 fully saturated rings. The second-order valence-corrected chi connectivity index (χ2v) is 9.21. The Morgan fingerprint density at radius 1 is 1.03 bits per heavy atom. The van der Waals surface area contributed by atoms with Gasteiger partial charge in [0.15, 0.2) is 5.78 Å². The SMILES string of the molecule is CC(=O)c1ccc(NC(=O)c2sc(-n3nc(C)c(Cc4ccccc4Cl)c3C)nc2C)cc1. The lowest BCUT2D eigenvalue weighted by molar-refractivity contribution is 0.101. The van der Waals surface area contributed by atoms with E-state index >= 15 is 0 Å². The first-order valence-corrected chi connectivity index (χ1v) is 11.6. The van der Waals surface area contributed by atoms with Crippen LogP contribution in [0.15, 0.2) is 48.5 Å². The number of carbonyl (C=O) groups excluding carboxylic acids is 2. The third-order valence-corrected chi connectivity index (χ3v) is 6.99. The number of hydrogen-bond donors (Lipinski definition) is 1. The van der Waals surface area contributed by atoms with Gasteiger partial charge in [-0.05, 0) is 63.6 Å². The summed E-state index contributed by atoms with van der Waals surface area (Å²) in [5.41, 5.74) is 5.84. The number of Topliss-reactive ketones (excluding diaryl/α,β-unsaturated/α-hetero) is 1. The number of nitrogens with one attached hydrogen (secondary N) is 1. The van der Waals surface area contributed by atoms with E-state index < -0.39 is 0 Å². The third-order valence-electron chi connectivity index (χ3n) is 5.49. The summed E-state index contributed by atoms with van der Waals surface area (Å²) in [5.74, 6) is -0.265. The van der Waals surface area contributed by atoms with E-state index in [9.17, 15) is 9.59 Å². The van der Waals surface area contributed by atoms with Crippen molar-refractivity contribution in [2.45, 2.75) is 34.1 Å². The van der Waals surface area contributed by atoms with Crippen LogP contribution >= 0.6 is 22.9 Å². The topological polar surface area (TPSA) is 76.9 Å². The molecular formula is C25H23ClN4O2S. The van der Waals surface area contributed by atoms with Gasteiger partial charge in [0.25, 0.3) is 5.91 Å². The zero-order valence-corrected chi connectivity index (χ0v) is 20.3. The minimum atomic E-state index is -0.246. The zero-order valence-electron chi connectivity index (χ0n) is 18.8. The Kier molecular flexibility index (Phi) is 6.44. The molecule has 8 heteroatoms. The fourth-order valence-electron chi connectivity index (χ4n) is 3.61. The van der Waals surface area contributed by atoms with Gasteiger partial charge in [-0.15, -0.1) is 0 Å². The molecule has 2 heterocycles. The number of nitrogens with zero attached hydrogens (tertiary/aromatic N) is 3. The molecule has 168 valence electrons. The summed E-state index contributed by atoms with van der Waals surface area (Å²) in [5, 5.41) is 8.93. The highest BCUT2D eigenvalue weighted by Crippen LogP contribution is 2.28. The van der Waals surface area contributed by atoms with Crippen LogP contribution in [-0.2, 0) is 6.42 Å². The van der Waals surface area contributed by atoms with E-state index in [0.29, 0.717) is 33.4 Å². The van der Waals surface area contributed by atoms with Gasteiger partial charge < -0.3 is 5.32 Å². The molecule has 0 saturated carbocycles. The molecule has 0 atom stereocenters. The first-order valence-electron chi connectivity index (χ1n) is 10.4. The standard InChI is InChI=1S/C25H23ClN4O2S/c1-14-21(13-19-7-5-6-8-22(19)26)16(3)30(29-14)25-27-15(2)23(33-25)24(32)28-20-11-9-18(10-12-20)17(4)31/h5-12H,13H2,1-4H3,(H,28,32). The fraction of sp³-hybridized carbons (Fsp3) is 0.200. The van der Waals surface area contributed by atoms with E-state index in [2.05, 4.69) is 15.4 Å². The van der Waals surface area contributed by atoms with Gasteiger partial charge in [0.05, 0.1) is 11.4 Å². The predicted molar refractivity (Wildman–Crippen MR) is 132 cm³/mol. The number of aryl methyl sites for hydroxylation is 2. The number of amides is 1. The Balaban J connectivity index is 1.58. The monoisotopic (exact) mass is 478 g/mol. The average molecular weight is 479 g/mol. The van der Waals surface area contributed by atoms with Crippen molar-refractivity contribution in [3.8, 4) is 5.13 Å². The minimum absolute atomic E-state index is 0.0189. The summed E-state index contributed by atoms with van der Waals surface area (Å²) < 4.78 is 1.79. The normalized spacial score (nSPS) is 10.9. The number of benzene rings is 2. The van der Waals surface area contributed by atoms with Crippen LogP contribution in [0.4, 0.5) is 5.69 Å². The maximum Gasteiger partial charge on any atom is 0.267 e. The van der Waals surface area contributed by atoms with Gasteiger partial charge in [-0.2, -0.15) is 5.10 Å². The van der Waals surface area contributed by atoms with E-state index in [1.54, 1.807) is 28.9 Å². The van der Waals surface area contributed by atoms with Gasteiger partial charge >= 0.3 is 0 Å². The molecule has 6 nitrogen and oxygen atoms in total. The summed E-state index contributed by atoms with van der Waals surface area (Å²) in [6, 6.07) is 14.6. The predicted octanol–water partition coefficient (Wildman–Crippen LogP) is 5.95. The lowest BCUT2D eigenvalue weighted by Crippen LogP contribution is -2.11. The molecule has 1 amide bonds. The highest BCUT2D eigenvalue weighted by Gasteiger charge is 2.21. The minimum Gasteiger partial charge on any atom is -0.321 e. The van der Waals surface area contributed by atoms with Crippen molar-refractivity contribution in [3.63, 3.8) is 0 Å². The van der Waals surface area contributed by atoms with Crippen LogP contribution in [0.2, 0.25) is 5.02 Å². The van der Waals surface area contributed by atoms with E-state index in [1.807, 2.05) is 45.0 Å². The van der Waals surface area contributed by atoms with Gasteiger partial charge in [0, 0.05) is 34.0 Å². The Morgan fingerprint density at radius 3 is 2.39 bits per heavy atom. The number of halogens is 1. The molecule has 33 heavy (non-hydrogen) atoms. The molecule has 0 aliphatic rings. The van der Waals surface area contributed by atoms with Crippen molar-refractivity contribution in [3.05, 3.63) is 92.2 Å². The number of rotatable bonds is 6. The van der Waals surface area contributed by atoms with Crippen LogP contribution in [0.5, 0.6) is 0 Å². The molecule has 4 rings (SSSR count). The van der Waals surface area contributed by atoms with Crippen molar-refractivity contribution in [2.24, 2.45) is 0 Å². The molecule has 1 N–H and O–H groups in total. The summed E-state index contributed by atoms with van der Waals surface area (Å²) in [6.45, 7) is 7.28. The number of ketones is 1. The van der Waals surface area contributed by atoms with Crippen molar-refractivity contribution in [1.82, 2.24) is 14.8 Å². The largest absolute Gasteiger partial charge is 0.321 e. The van der Waals surface area contributed by atoms with E-state index in [1.165, 1.54) is 18.3 Å². The Bertz CT molecular complexity index is 1360. The number of carbonyl (C=O) groups is 2. The molecule has 0 saturated heterocycles. The first kappa shape index (κ1) is 22.9. The first-order chi connectivity index (χ1) is 15.7. The second kappa shape index (κ2) is 9.29. The highest BCUT2D eigenvalue weighted by molar-refractivity contribution is 7.16. The van der Waals surface area contributed by atoms with Crippen molar-refractivity contribution < 1.29 is 9.59 Å². The van der Waals surface area contributed by atoms with Crippen LogP contribution in [0.25, 0.3) is 5.13 Å². The summed E-state index contributed by atoms with van der Waals surface area (Å²) in [7, 11) is 0. The fourth-order valence-corrected chi connectivity index (χ4v) is 4.78. The van der Waals surface area contributed by atoms with Crippen molar-refractivity contribution >= 4 is 40.3 Å². The molecule has 2 aromatic heterocycles. The summed E-state index contributed by atoms with van der Waals surface area (Å²) in [4.78, 5) is 29.5. The van der Waals surface area contributed by atoms with Gasteiger partial charge in [-0.3, -0.25) is 9.59 Å². The molecule has 0 radical (unpaired) electrons. The molecule has 0 unspecified atom stereocenters. The highest BCUT2D eigenvalue weighted by atomic mass is 35.5. The second-order valence-electron chi connectivity index (χ2n) is 7.83. The number of anilines is 1. The number of hydrogen-bond acceptors (Lipinski definition) is 5. The Morgan fingerprint density at radius 2 is 1.73 bits per heavy atom. The molecular weight excluding hydrogens is 456 g/mol. The molecule has 0 aliphatic carbocycles. The quantitative estimate of drug-likeness (QED) is 0.347. The van der Waals surface area contributed by atoms with E-state index in [-0.39, 0.29) is 11.7 Å². The van der Waals surface area contributed by atoms with Crippen LogP contribution in [0.1, 0.15) is 55.2 Å². The zero-order chi connectivity index (χ0) is 23.7. The van der Waals surface area contributed by atoms with Crippen LogP contribution in [0.3, 0.4) is 0 Å². The third kappa shape index (κ3) is 4.74. The number of thiazole rings is 1. The van der Waals surface area contributed by atoms with Crippen LogP contribution in [-0.4, -0.2) is 26.5 Å². The summed E-state index contributed by atoms with van der Waals surface area (Å²) in [6.07, 6.45) is 0.672. The van der Waals surface area contributed by atoms with Gasteiger partial charge in [0.1, 0.15) is 4.88 Å². The van der Waals surface area contributed by atoms with Gasteiger partial charge in [-0.25, -0.2) is 9.67 Å².